The van der Waals surface area contributed by atoms with Gasteiger partial charge in [0.2, 0.25) is 16.9 Å². The maximum atomic E-state index is 12.4. The van der Waals surface area contributed by atoms with Gasteiger partial charge in [-0.3, -0.25) is 14.9 Å². The number of amides is 2. The highest BCUT2D eigenvalue weighted by Gasteiger charge is 2.16. The van der Waals surface area contributed by atoms with Crippen molar-refractivity contribution in [3.8, 4) is 0 Å². The van der Waals surface area contributed by atoms with Crippen LogP contribution in [-0.4, -0.2) is 42.5 Å². The minimum absolute atomic E-state index is 0.0896. The first-order valence-electron chi connectivity index (χ1n) is 9.74. The number of rotatable bonds is 8. The van der Waals surface area contributed by atoms with Gasteiger partial charge < -0.3 is 9.88 Å². The highest BCUT2D eigenvalue weighted by atomic mass is 32.2. The topological polar surface area (TPSA) is 115 Å². The van der Waals surface area contributed by atoms with Gasteiger partial charge in [-0.2, -0.15) is 0 Å². The SMILES string of the molecule is Cc1ccc(NC(=O)Cc2nnc(SCC(=O)Nc3nnc(C(C)C)s3)n2C)c(C)c1. The zero-order valence-electron chi connectivity index (χ0n) is 18.1. The third-order valence-electron chi connectivity index (χ3n) is 4.41. The van der Waals surface area contributed by atoms with Gasteiger partial charge in [0.1, 0.15) is 10.8 Å². The lowest BCUT2D eigenvalue weighted by molar-refractivity contribution is -0.116. The summed E-state index contributed by atoms with van der Waals surface area (Å²) >= 11 is 2.61. The number of nitrogens with zero attached hydrogens (tertiary/aromatic N) is 5. The molecule has 0 radical (unpaired) electrons. The lowest BCUT2D eigenvalue weighted by Gasteiger charge is -2.09. The lowest BCUT2D eigenvalue weighted by Crippen LogP contribution is -2.18. The van der Waals surface area contributed by atoms with Gasteiger partial charge in [-0.1, -0.05) is 54.6 Å². The van der Waals surface area contributed by atoms with Crippen LogP contribution in [0, 0.1) is 13.8 Å². The Kier molecular flexibility index (Phi) is 7.39. The van der Waals surface area contributed by atoms with Gasteiger partial charge in [0.15, 0.2) is 5.16 Å². The molecular formula is C20H25N7O2S2. The number of carbonyl (C=O) groups is 2. The van der Waals surface area contributed by atoms with Crippen LogP contribution in [-0.2, 0) is 23.1 Å². The first-order valence-corrected chi connectivity index (χ1v) is 11.5. The number of nitrogens with one attached hydrogen (secondary N) is 2. The summed E-state index contributed by atoms with van der Waals surface area (Å²) in [5.41, 5.74) is 2.92. The van der Waals surface area contributed by atoms with E-state index < -0.39 is 0 Å². The van der Waals surface area contributed by atoms with Crippen LogP contribution in [0.25, 0.3) is 0 Å². The molecule has 164 valence electrons. The predicted octanol–water partition coefficient (Wildman–Crippen LogP) is 3.32. The fourth-order valence-corrected chi connectivity index (χ4v) is 4.21. The molecule has 0 saturated carbocycles. The van der Waals surface area contributed by atoms with E-state index in [0.29, 0.717) is 16.1 Å². The molecule has 2 N–H and O–H groups in total. The number of anilines is 2. The van der Waals surface area contributed by atoms with Crippen LogP contribution in [0.4, 0.5) is 10.8 Å². The van der Waals surface area contributed by atoms with Crippen LogP contribution < -0.4 is 10.6 Å². The summed E-state index contributed by atoms with van der Waals surface area (Å²) in [4.78, 5) is 24.6. The Bertz CT molecular complexity index is 1090. The second-order valence-corrected chi connectivity index (χ2v) is 9.39. The van der Waals surface area contributed by atoms with Crippen molar-refractivity contribution in [2.24, 2.45) is 7.05 Å². The molecule has 0 aliphatic rings. The molecule has 0 atom stereocenters. The van der Waals surface area contributed by atoms with Crippen molar-refractivity contribution in [3.05, 3.63) is 40.2 Å². The van der Waals surface area contributed by atoms with Crippen molar-refractivity contribution in [2.45, 2.75) is 45.2 Å². The monoisotopic (exact) mass is 459 g/mol. The third kappa shape index (κ3) is 6.11. The highest BCUT2D eigenvalue weighted by molar-refractivity contribution is 7.99. The number of aryl methyl sites for hydroxylation is 2. The van der Waals surface area contributed by atoms with Gasteiger partial charge in [0.25, 0.3) is 0 Å². The standard InChI is InChI=1S/C20H25N7O2S2/c1-11(2)18-24-25-19(31-18)22-17(29)10-30-20-26-23-15(27(20)5)9-16(28)21-14-7-6-12(3)8-13(14)4/h6-8,11H,9-10H2,1-5H3,(H,21,28)(H,22,25,29). The first-order chi connectivity index (χ1) is 14.7. The molecule has 2 amide bonds. The molecule has 3 rings (SSSR count). The fraction of sp³-hybridized carbons (Fsp3) is 0.400. The molecule has 11 heteroatoms. The quantitative estimate of drug-likeness (QED) is 0.497. The Labute approximate surface area is 189 Å². The summed E-state index contributed by atoms with van der Waals surface area (Å²) in [6, 6.07) is 5.86. The molecule has 2 aromatic heterocycles. The maximum Gasteiger partial charge on any atom is 0.236 e. The Balaban J connectivity index is 1.53. The smallest absolute Gasteiger partial charge is 0.236 e. The van der Waals surface area contributed by atoms with E-state index in [1.807, 2.05) is 45.9 Å². The highest BCUT2D eigenvalue weighted by Crippen LogP contribution is 2.23. The van der Waals surface area contributed by atoms with Crippen LogP contribution in [0.2, 0.25) is 0 Å². The van der Waals surface area contributed by atoms with Crippen molar-refractivity contribution in [1.82, 2.24) is 25.0 Å². The molecule has 2 heterocycles. The van der Waals surface area contributed by atoms with E-state index in [-0.39, 0.29) is 29.9 Å². The molecule has 0 spiro atoms. The summed E-state index contributed by atoms with van der Waals surface area (Å²) in [6.45, 7) is 8.01. The Hall–Kier alpha value is -2.79. The van der Waals surface area contributed by atoms with Crippen molar-refractivity contribution >= 4 is 45.7 Å². The number of hydrogen-bond acceptors (Lipinski definition) is 8. The summed E-state index contributed by atoms with van der Waals surface area (Å²) in [7, 11) is 1.78. The van der Waals surface area contributed by atoms with Gasteiger partial charge in [0.05, 0.1) is 12.2 Å². The van der Waals surface area contributed by atoms with Crippen LogP contribution >= 0.6 is 23.1 Å². The van der Waals surface area contributed by atoms with E-state index in [0.717, 1.165) is 21.8 Å². The van der Waals surface area contributed by atoms with E-state index in [4.69, 9.17) is 0 Å². The van der Waals surface area contributed by atoms with E-state index in [1.54, 1.807) is 11.6 Å². The zero-order chi connectivity index (χ0) is 22.5. The van der Waals surface area contributed by atoms with E-state index >= 15 is 0 Å². The Morgan fingerprint density at radius 3 is 2.55 bits per heavy atom. The molecule has 0 saturated heterocycles. The van der Waals surface area contributed by atoms with Gasteiger partial charge in [-0.15, -0.1) is 20.4 Å². The van der Waals surface area contributed by atoms with Gasteiger partial charge >= 0.3 is 0 Å². The van der Waals surface area contributed by atoms with Crippen molar-refractivity contribution in [1.29, 1.82) is 0 Å². The third-order valence-corrected chi connectivity index (χ3v) is 6.57. The predicted molar refractivity (Wildman–Crippen MR) is 123 cm³/mol. The molecule has 0 bridgehead atoms. The maximum absolute atomic E-state index is 12.4. The minimum Gasteiger partial charge on any atom is -0.325 e. The number of benzene rings is 1. The normalized spacial score (nSPS) is 11.0. The van der Waals surface area contributed by atoms with Gasteiger partial charge in [-0.25, -0.2) is 0 Å². The fourth-order valence-electron chi connectivity index (χ4n) is 2.72. The Morgan fingerprint density at radius 1 is 1.10 bits per heavy atom. The average molecular weight is 460 g/mol. The molecule has 0 aliphatic carbocycles. The second kappa shape index (κ2) is 10.0. The minimum atomic E-state index is -0.200. The van der Waals surface area contributed by atoms with E-state index in [9.17, 15) is 9.59 Å². The molecule has 9 nitrogen and oxygen atoms in total. The van der Waals surface area contributed by atoms with Crippen molar-refractivity contribution in [2.75, 3.05) is 16.4 Å². The summed E-state index contributed by atoms with van der Waals surface area (Å²) in [5.74, 6) is 0.567. The summed E-state index contributed by atoms with van der Waals surface area (Å²) in [6.07, 6.45) is 0.0896. The lowest BCUT2D eigenvalue weighted by atomic mass is 10.1. The van der Waals surface area contributed by atoms with Gasteiger partial charge in [-0.05, 0) is 25.5 Å². The van der Waals surface area contributed by atoms with E-state index in [1.165, 1.54) is 23.1 Å². The summed E-state index contributed by atoms with van der Waals surface area (Å²) in [5, 5.41) is 23.8. The van der Waals surface area contributed by atoms with E-state index in [2.05, 4.69) is 31.0 Å². The van der Waals surface area contributed by atoms with Crippen LogP contribution in [0.3, 0.4) is 0 Å². The molecule has 0 unspecified atom stereocenters. The molecule has 1 aromatic carbocycles. The number of aromatic nitrogens is 5. The van der Waals surface area contributed by atoms with Crippen molar-refractivity contribution in [3.63, 3.8) is 0 Å². The van der Waals surface area contributed by atoms with Crippen LogP contribution in [0.15, 0.2) is 23.4 Å². The second-order valence-electron chi connectivity index (χ2n) is 7.44. The molecule has 3 aromatic rings. The van der Waals surface area contributed by atoms with Crippen LogP contribution in [0.5, 0.6) is 0 Å². The Morgan fingerprint density at radius 2 is 1.87 bits per heavy atom. The van der Waals surface area contributed by atoms with Gasteiger partial charge in [0, 0.05) is 18.7 Å². The summed E-state index contributed by atoms with van der Waals surface area (Å²) < 4.78 is 1.72. The number of hydrogen-bond donors (Lipinski definition) is 2. The largest absolute Gasteiger partial charge is 0.325 e. The number of thioether (sulfide) groups is 1. The van der Waals surface area contributed by atoms with Crippen LogP contribution in [0.1, 0.15) is 41.7 Å². The molecule has 0 aliphatic heterocycles. The average Bonchev–Trinajstić information content (AvgIpc) is 3.30. The molecule has 31 heavy (non-hydrogen) atoms. The van der Waals surface area contributed by atoms with Crippen molar-refractivity contribution < 1.29 is 9.59 Å². The first kappa shape index (κ1) is 22.9. The zero-order valence-corrected chi connectivity index (χ0v) is 19.7. The molecular weight excluding hydrogens is 434 g/mol. The number of carbonyl (C=O) groups excluding carboxylic acids is 2. The molecule has 0 fully saturated rings.